The lowest BCUT2D eigenvalue weighted by atomic mass is 10.1. The molecule has 23 heavy (non-hydrogen) atoms. The van der Waals surface area contributed by atoms with Crippen LogP contribution in [0.3, 0.4) is 0 Å². The molecule has 0 spiro atoms. The molecule has 0 aliphatic heterocycles. The minimum atomic E-state index is -0.211. The molecule has 118 valence electrons. The number of aromatic nitrogens is 2. The summed E-state index contributed by atoms with van der Waals surface area (Å²) in [5, 5.41) is 2.86. The molecule has 5 heteroatoms. The Morgan fingerprint density at radius 1 is 1.09 bits per heavy atom. The number of nitrogens with zero attached hydrogens (tertiary/aromatic N) is 2. The lowest BCUT2D eigenvalue weighted by Crippen LogP contribution is -2.28. The van der Waals surface area contributed by atoms with Crippen molar-refractivity contribution in [3.8, 4) is 0 Å². The van der Waals surface area contributed by atoms with Gasteiger partial charge in [-0.15, -0.1) is 0 Å². The van der Waals surface area contributed by atoms with E-state index < -0.39 is 0 Å². The van der Waals surface area contributed by atoms with Crippen molar-refractivity contribution in [2.75, 3.05) is 5.32 Å². The van der Waals surface area contributed by atoms with Crippen LogP contribution in [0, 0.1) is 0 Å². The lowest BCUT2D eigenvalue weighted by molar-refractivity contribution is -0.116. The summed E-state index contributed by atoms with van der Waals surface area (Å²) < 4.78 is 3.05. The van der Waals surface area contributed by atoms with Crippen molar-refractivity contribution >= 4 is 22.6 Å². The van der Waals surface area contributed by atoms with E-state index in [1.807, 2.05) is 48.5 Å². The lowest BCUT2D eigenvalue weighted by Gasteiger charge is -2.07. The van der Waals surface area contributed by atoms with Gasteiger partial charge >= 0.3 is 5.69 Å². The van der Waals surface area contributed by atoms with Crippen LogP contribution in [0.4, 0.5) is 5.69 Å². The molecule has 2 aromatic carbocycles. The summed E-state index contributed by atoms with van der Waals surface area (Å²) in [6.07, 6.45) is 0.909. The van der Waals surface area contributed by atoms with E-state index in [4.69, 9.17) is 0 Å². The number of fused-ring (bicyclic) bond motifs is 1. The third-order valence-electron chi connectivity index (χ3n) is 3.97. The molecule has 0 saturated heterocycles. The maximum Gasteiger partial charge on any atom is 0.329 e. The number of hydrogen-bond acceptors (Lipinski definition) is 2. The molecule has 1 heterocycles. The molecule has 0 unspecified atom stereocenters. The van der Waals surface area contributed by atoms with Crippen molar-refractivity contribution < 1.29 is 4.79 Å². The maximum absolute atomic E-state index is 12.3. The number of carbonyl (C=O) groups excluding carboxylic acids is 1. The molecule has 3 aromatic rings. The maximum atomic E-state index is 12.3. The zero-order valence-corrected chi connectivity index (χ0v) is 13.2. The van der Waals surface area contributed by atoms with Gasteiger partial charge in [0.2, 0.25) is 5.91 Å². The second-order valence-electron chi connectivity index (χ2n) is 5.52. The zero-order valence-electron chi connectivity index (χ0n) is 13.2. The molecule has 0 atom stereocenters. The number of para-hydroxylation sites is 2. The third kappa shape index (κ3) is 2.90. The Hall–Kier alpha value is -2.82. The summed E-state index contributed by atoms with van der Waals surface area (Å²) in [4.78, 5) is 24.6. The van der Waals surface area contributed by atoms with Gasteiger partial charge in [-0.05, 0) is 36.2 Å². The highest BCUT2D eigenvalue weighted by Gasteiger charge is 2.13. The van der Waals surface area contributed by atoms with E-state index in [9.17, 15) is 9.59 Å². The fraction of sp³-hybridized carbons (Fsp3) is 0.222. The van der Waals surface area contributed by atoms with Crippen LogP contribution in [0.1, 0.15) is 12.5 Å². The van der Waals surface area contributed by atoms with E-state index in [-0.39, 0.29) is 18.1 Å². The van der Waals surface area contributed by atoms with E-state index in [2.05, 4.69) is 12.2 Å². The van der Waals surface area contributed by atoms with Crippen LogP contribution in [0.15, 0.2) is 53.3 Å². The number of imidazole rings is 1. The summed E-state index contributed by atoms with van der Waals surface area (Å²) in [6.45, 7) is 2.06. The Bertz CT molecular complexity index is 921. The molecule has 0 aliphatic rings. The molecule has 1 N–H and O–H groups in total. The van der Waals surface area contributed by atoms with Crippen LogP contribution in [-0.4, -0.2) is 15.0 Å². The Balaban J connectivity index is 1.86. The summed E-state index contributed by atoms with van der Waals surface area (Å²) in [5.74, 6) is -0.211. The number of benzene rings is 2. The SMILES string of the molecule is CCc1cccc(NC(=O)Cn2c(=O)n(C)c3ccccc32)c1. The summed E-state index contributed by atoms with van der Waals surface area (Å²) >= 11 is 0. The summed E-state index contributed by atoms with van der Waals surface area (Å²) in [5.41, 5.74) is 3.30. The first-order valence-electron chi connectivity index (χ1n) is 7.63. The van der Waals surface area contributed by atoms with Crippen LogP contribution < -0.4 is 11.0 Å². The average Bonchev–Trinajstić information content (AvgIpc) is 2.80. The van der Waals surface area contributed by atoms with Gasteiger partial charge in [0, 0.05) is 12.7 Å². The Morgan fingerprint density at radius 3 is 2.57 bits per heavy atom. The second-order valence-corrected chi connectivity index (χ2v) is 5.52. The van der Waals surface area contributed by atoms with Gasteiger partial charge in [0.05, 0.1) is 11.0 Å². The van der Waals surface area contributed by atoms with Gasteiger partial charge in [0.1, 0.15) is 6.54 Å². The molecule has 0 bridgehead atoms. The first kappa shape index (κ1) is 15.1. The van der Waals surface area contributed by atoms with Crippen molar-refractivity contribution in [1.29, 1.82) is 0 Å². The quantitative estimate of drug-likeness (QED) is 0.805. The van der Waals surface area contributed by atoms with E-state index in [0.717, 1.165) is 28.7 Å². The van der Waals surface area contributed by atoms with Gasteiger partial charge in [-0.25, -0.2) is 4.79 Å². The van der Waals surface area contributed by atoms with E-state index in [0.29, 0.717) is 0 Å². The first-order valence-corrected chi connectivity index (χ1v) is 7.63. The van der Waals surface area contributed by atoms with Gasteiger partial charge in [-0.1, -0.05) is 31.2 Å². The number of hydrogen-bond donors (Lipinski definition) is 1. The molecule has 0 fully saturated rings. The van der Waals surface area contributed by atoms with Gasteiger partial charge in [-0.2, -0.15) is 0 Å². The van der Waals surface area contributed by atoms with Crippen LogP contribution in [0.25, 0.3) is 11.0 Å². The summed E-state index contributed by atoms with van der Waals surface area (Å²) in [6, 6.07) is 15.2. The monoisotopic (exact) mass is 309 g/mol. The van der Waals surface area contributed by atoms with E-state index >= 15 is 0 Å². The van der Waals surface area contributed by atoms with Gasteiger partial charge in [0.25, 0.3) is 0 Å². The van der Waals surface area contributed by atoms with Crippen molar-refractivity contribution in [2.24, 2.45) is 7.05 Å². The molecular formula is C18H19N3O2. The minimum Gasteiger partial charge on any atom is -0.325 e. The second kappa shape index (κ2) is 6.12. The van der Waals surface area contributed by atoms with Gasteiger partial charge in [-0.3, -0.25) is 13.9 Å². The first-order chi connectivity index (χ1) is 11.1. The molecular weight excluding hydrogens is 290 g/mol. The highest BCUT2D eigenvalue weighted by atomic mass is 16.2. The molecule has 0 aliphatic carbocycles. The average molecular weight is 309 g/mol. The highest BCUT2D eigenvalue weighted by molar-refractivity contribution is 5.91. The molecule has 1 aromatic heterocycles. The molecule has 1 amide bonds. The molecule has 3 rings (SSSR count). The minimum absolute atomic E-state index is 0.00343. The smallest absolute Gasteiger partial charge is 0.325 e. The van der Waals surface area contributed by atoms with Crippen LogP contribution >= 0.6 is 0 Å². The standard InChI is InChI=1S/C18H19N3O2/c1-3-13-7-6-8-14(11-13)19-17(22)12-21-16-10-5-4-9-15(16)20(2)18(21)23/h4-11H,3,12H2,1-2H3,(H,19,22). The molecule has 0 saturated carbocycles. The van der Waals surface area contributed by atoms with Crippen LogP contribution in [-0.2, 0) is 24.8 Å². The predicted octanol–water partition coefficient (Wildman–Crippen LogP) is 2.54. The number of aryl methyl sites for hydroxylation is 2. The Labute approximate surface area is 134 Å². The third-order valence-corrected chi connectivity index (χ3v) is 3.97. The van der Waals surface area contributed by atoms with Crippen molar-refractivity contribution in [1.82, 2.24) is 9.13 Å². The number of anilines is 1. The topological polar surface area (TPSA) is 56.0 Å². The highest BCUT2D eigenvalue weighted by Crippen LogP contribution is 2.13. The van der Waals surface area contributed by atoms with Gasteiger partial charge < -0.3 is 5.32 Å². The van der Waals surface area contributed by atoms with E-state index in [1.165, 1.54) is 4.57 Å². The Morgan fingerprint density at radius 2 is 1.83 bits per heavy atom. The number of carbonyl (C=O) groups is 1. The van der Waals surface area contributed by atoms with Crippen LogP contribution in [0.5, 0.6) is 0 Å². The molecule has 0 radical (unpaired) electrons. The number of rotatable bonds is 4. The summed E-state index contributed by atoms with van der Waals surface area (Å²) in [7, 11) is 1.71. The van der Waals surface area contributed by atoms with Gasteiger partial charge in [0.15, 0.2) is 0 Å². The fourth-order valence-electron chi connectivity index (χ4n) is 2.73. The van der Waals surface area contributed by atoms with Crippen molar-refractivity contribution in [2.45, 2.75) is 19.9 Å². The Kier molecular flexibility index (Phi) is 4.02. The van der Waals surface area contributed by atoms with Crippen LogP contribution in [0.2, 0.25) is 0 Å². The van der Waals surface area contributed by atoms with Crippen molar-refractivity contribution in [3.63, 3.8) is 0 Å². The van der Waals surface area contributed by atoms with Crippen molar-refractivity contribution in [3.05, 3.63) is 64.6 Å². The zero-order chi connectivity index (χ0) is 16.4. The number of nitrogens with one attached hydrogen (secondary N) is 1. The largest absolute Gasteiger partial charge is 0.329 e. The normalized spacial score (nSPS) is 10.9. The van der Waals surface area contributed by atoms with E-state index in [1.54, 1.807) is 11.6 Å². The molecule has 5 nitrogen and oxygen atoms in total. The number of amides is 1. The fourth-order valence-corrected chi connectivity index (χ4v) is 2.73. The predicted molar refractivity (Wildman–Crippen MR) is 91.6 cm³/mol.